The molecule has 0 unspecified atom stereocenters. The molecule has 0 aliphatic carbocycles. The van der Waals surface area contributed by atoms with Crippen molar-refractivity contribution in [2.24, 2.45) is 0 Å². The highest BCUT2D eigenvalue weighted by atomic mass is 16.5. The number of hydrogen-bond acceptors (Lipinski definition) is 6. The van der Waals surface area contributed by atoms with E-state index in [0.29, 0.717) is 17.9 Å². The lowest BCUT2D eigenvalue weighted by Crippen LogP contribution is -2.34. The topological polar surface area (TPSA) is 110 Å². The lowest BCUT2D eigenvalue weighted by atomic mass is 10.1. The van der Waals surface area contributed by atoms with E-state index < -0.39 is 18.0 Å². The van der Waals surface area contributed by atoms with Gasteiger partial charge >= 0.3 is 6.03 Å². The van der Waals surface area contributed by atoms with Crippen LogP contribution in [0.1, 0.15) is 12.0 Å². The summed E-state index contributed by atoms with van der Waals surface area (Å²) in [6, 6.07) is 13.3. The van der Waals surface area contributed by atoms with Crippen molar-refractivity contribution in [1.82, 2.24) is 15.2 Å². The summed E-state index contributed by atoms with van der Waals surface area (Å²) in [7, 11) is 3.17. The molecule has 2 heterocycles. The molecule has 2 N–H and O–H groups in total. The minimum Gasteiger partial charge on any atom is -0.497 e. The van der Waals surface area contributed by atoms with Gasteiger partial charge in [-0.05, 0) is 42.3 Å². The monoisotopic (exact) mass is 448 g/mol. The Morgan fingerprint density at radius 1 is 1.06 bits per heavy atom. The fourth-order valence-corrected chi connectivity index (χ4v) is 3.65. The molecule has 0 spiro atoms. The van der Waals surface area contributed by atoms with Crippen molar-refractivity contribution in [2.45, 2.75) is 18.9 Å². The Hall–Kier alpha value is -4.14. The Kier molecular flexibility index (Phi) is 6.39. The van der Waals surface area contributed by atoms with Crippen molar-refractivity contribution in [2.75, 3.05) is 26.1 Å². The molecule has 1 saturated heterocycles. The van der Waals surface area contributed by atoms with Gasteiger partial charge in [0.1, 0.15) is 17.5 Å². The zero-order valence-corrected chi connectivity index (χ0v) is 18.3. The molecule has 0 bridgehead atoms. The highest BCUT2D eigenvalue weighted by molar-refractivity contribution is 6.07. The summed E-state index contributed by atoms with van der Waals surface area (Å²) in [6.45, 7) is 0.229. The second-order valence-electron chi connectivity index (χ2n) is 7.62. The van der Waals surface area contributed by atoms with Gasteiger partial charge in [0, 0.05) is 18.0 Å². The maximum absolute atomic E-state index is 12.7. The lowest BCUT2D eigenvalue weighted by Gasteiger charge is -2.13. The number of nitrogens with one attached hydrogen (secondary N) is 2. The Balaban J connectivity index is 1.33. The predicted molar refractivity (Wildman–Crippen MR) is 122 cm³/mol. The summed E-state index contributed by atoms with van der Waals surface area (Å²) in [4.78, 5) is 42.9. The normalized spacial score (nSPS) is 15.5. The molecule has 33 heavy (non-hydrogen) atoms. The number of fused-ring (bicyclic) bond motifs is 1. The van der Waals surface area contributed by atoms with Crippen LogP contribution >= 0.6 is 0 Å². The second kappa shape index (κ2) is 9.56. The first-order valence-corrected chi connectivity index (χ1v) is 10.5. The van der Waals surface area contributed by atoms with Crippen LogP contribution in [0.3, 0.4) is 0 Å². The van der Waals surface area contributed by atoms with Crippen LogP contribution < -0.4 is 20.1 Å². The molecule has 0 radical (unpaired) electrons. The van der Waals surface area contributed by atoms with E-state index in [-0.39, 0.29) is 18.9 Å². The third kappa shape index (κ3) is 5.03. The molecule has 1 aliphatic heterocycles. The highest BCUT2D eigenvalue weighted by Crippen LogP contribution is 2.22. The number of anilines is 1. The quantitative estimate of drug-likeness (QED) is 0.513. The van der Waals surface area contributed by atoms with Gasteiger partial charge in [-0.1, -0.05) is 12.1 Å². The SMILES string of the molecule is COc1ccc(CCN2C(=O)N[C@H](CC(=O)Nc3cnc4cc(OC)ccc4c3)C2=O)cc1. The molecule has 1 fully saturated rings. The number of ether oxygens (including phenoxy) is 2. The van der Waals surface area contributed by atoms with Crippen molar-refractivity contribution < 1.29 is 23.9 Å². The molecular formula is C24H24N4O5. The maximum atomic E-state index is 12.7. The van der Waals surface area contributed by atoms with E-state index in [9.17, 15) is 14.4 Å². The number of amides is 4. The number of urea groups is 1. The molecule has 170 valence electrons. The van der Waals surface area contributed by atoms with Crippen LogP contribution in [0.4, 0.5) is 10.5 Å². The summed E-state index contributed by atoms with van der Waals surface area (Å²) in [6.07, 6.45) is 1.88. The third-order valence-corrected chi connectivity index (χ3v) is 5.45. The first-order valence-electron chi connectivity index (χ1n) is 10.5. The van der Waals surface area contributed by atoms with Gasteiger partial charge < -0.3 is 20.1 Å². The molecular weight excluding hydrogens is 424 g/mol. The lowest BCUT2D eigenvalue weighted by molar-refractivity contribution is -0.129. The minimum absolute atomic E-state index is 0.162. The molecule has 9 heteroatoms. The summed E-state index contributed by atoms with van der Waals surface area (Å²) in [5.41, 5.74) is 2.21. The number of methoxy groups -OCH3 is 2. The minimum atomic E-state index is -0.897. The van der Waals surface area contributed by atoms with Crippen LogP contribution in [-0.2, 0) is 16.0 Å². The van der Waals surface area contributed by atoms with Gasteiger partial charge in [0.2, 0.25) is 5.91 Å². The molecule has 1 aliphatic rings. The summed E-state index contributed by atoms with van der Waals surface area (Å²) in [5, 5.41) is 6.17. The van der Waals surface area contributed by atoms with Gasteiger partial charge in [0.25, 0.3) is 5.91 Å². The van der Waals surface area contributed by atoms with Crippen molar-refractivity contribution in [3.63, 3.8) is 0 Å². The van der Waals surface area contributed by atoms with Gasteiger partial charge in [0.05, 0.1) is 38.0 Å². The molecule has 0 saturated carbocycles. The zero-order valence-electron chi connectivity index (χ0n) is 18.3. The van der Waals surface area contributed by atoms with E-state index in [0.717, 1.165) is 27.1 Å². The smallest absolute Gasteiger partial charge is 0.324 e. The number of benzene rings is 2. The molecule has 9 nitrogen and oxygen atoms in total. The number of imide groups is 1. The number of rotatable bonds is 8. The zero-order chi connectivity index (χ0) is 23.4. The highest BCUT2D eigenvalue weighted by Gasteiger charge is 2.38. The number of nitrogens with zero attached hydrogens (tertiary/aromatic N) is 2. The predicted octanol–water partition coefficient (Wildman–Crippen LogP) is 2.74. The number of carbonyl (C=O) groups excluding carboxylic acids is 3. The first kappa shape index (κ1) is 22.1. The van der Waals surface area contributed by atoms with E-state index in [2.05, 4.69) is 15.6 Å². The Bertz CT molecular complexity index is 1200. The van der Waals surface area contributed by atoms with Crippen molar-refractivity contribution >= 4 is 34.4 Å². The Morgan fingerprint density at radius 2 is 1.79 bits per heavy atom. The summed E-state index contributed by atoms with van der Waals surface area (Å²) in [5.74, 6) is 0.632. The third-order valence-electron chi connectivity index (χ3n) is 5.45. The van der Waals surface area contributed by atoms with E-state index in [1.54, 1.807) is 26.4 Å². The Labute approximate surface area is 190 Å². The molecule has 3 aromatic rings. The average Bonchev–Trinajstić information content (AvgIpc) is 3.09. The van der Waals surface area contributed by atoms with E-state index in [1.165, 1.54) is 6.20 Å². The van der Waals surface area contributed by atoms with Crippen LogP contribution in [0.15, 0.2) is 54.7 Å². The van der Waals surface area contributed by atoms with Crippen LogP contribution in [-0.4, -0.2) is 54.5 Å². The van der Waals surface area contributed by atoms with Gasteiger partial charge in [0.15, 0.2) is 0 Å². The molecule has 1 aromatic heterocycles. The van der Waals surface area contributed by atoms with Gasteiger partial charge in [-0.3, -0.25) is 19.5 Å². The van der Waals surface area contributed by atoms with Gasteiger partial charge in [-0.2, -0.15) is 0 Å². The van der Waals surface area contributed by atoms with Crippen LogP contribution in [0.2, 0.25) is 0 Å². The van der Waals surface area contributed by atoms with Crippen LogP contribution in [0.25, 0.3) is 10.9 Å². The standard InChI is InChI=1S/C24H24N4O5/c1-32-18-6-3-15(4-7-18)9-10-28-23(30)21(27-24(28)31)13-22(29)26-17-11-16-5-8-19(33-2)12-20(16)25-14-17/h3-8,11-12,14,21H,9-10,13H2,1-2H3,(H,26,29)(H,27,31)/t21-/m1/s1. The number of hydrogen-bond donors (Lipinski definition) is 2. The van der Waals surface area contributed by atoms with E-state index >= 15 is 0 Å². The largest absolute Gasteiger partial charge is 0.497 e. The van der Waals surface area contributed by atoms with E-state index in [4.69, 9.17) is 9.47 Å². The van der Waals surface area contributed by atoms with E-state index in [1.807, 2.05) is 36.4 Å². The fraction of sp³-hybridized carbons (Fsp3) is 0.250. The molecule has 1 atom stereocenters. The van der Waals surface area contributed by atoms with Crippen LogP contribution in [0.5, 0.6) is 11.5 Å². The maximum Gasteiger partial charge on any atom is 0.324 e. The number of pyridine rings is 1. The number of carbonyl (C=O) groups is 3. The molecule has 2 aromatic carbocycles. The van der Waals surface area contributed by atoms with Gasteiger partial charge in [-0.15, -0.1) is 0 Å². The average molecular weight is 448 g/mol. The molecule has 4 rings (SSSR count). The number of aromatic nitrogens is 1. The fourth-order valence-electron chi connectivity index (χ4n) is 3.65. The molecule has 4 amide bonds. The summed E-state index contributed by atoms with van der Waals surface area (Å²) >= 11 is 0. The van der Waals surface area contributed by atoms with Gasteiger partial charge in [-0.25, -0.2) is 4.79 Å². The van der Waals surface area contributed by atoms with Crippen molar-refractivity contribution in [1.29, 1.82) is 0 Å². The van der Waals surface area contributed by atoms with Crippen LogP contribution in [0, 0.1) is 0 Å². The van der Waals surface area contributed by atoms with Crippen molar-refractivity contribution in [3.8, 4) is 11.5 Å². The summed E-state index contributed by atoms with van der Waals surface area (Å²) < 4.78 is 10.3. The first-order chi connectivity index (χ1) is 16.0. The second-order valence-corrected chi connectivity index (χ2v) is 7.62. The van der Waals surface area contributed by atoms with Crippen molar-refractivity contribution in [3.05, 3.63) is 60.3 Å². The Morgan fingerprint density at radius 3 is 2.52 bits per heavy atom.